The van der Waals surface area contributed by atoms with Crippen molar-refractivity contribution >= 4 is 11.9 Å². The number of ether oxygens (including phenoxy) is 3. The summed E-state index contributed by atoms with van der Waals surface area (Å²) in [6, 6.07) is 18.3. The summed E-state index contributed by atoms with van der Waals surface area (Å²) < 4.78 is 17.0. The average molecular weight is 535 g/mol. The van der Waals surface area contributed by atoms with Crippen molar-refractivity contribution < 1.29 is 23.8 Å². The monoisotopic (exact) mass is 534 g/mol. The second-order valence-electron chi connectivity index (χ2n) is 10.8. The Kier molecular flexibility index (Phi) is 14.3. The Morgan fingerprint density at radius 2 is 0.974 bits per heavy atom. The van der Waals surface area contributed by atoms with Gasteiger partial charge in [0.05, 0.1) is 11.8 Å². The first-order chi connectivity index (χ1) is 18.7. The molecule has 0 heterocycles. The van der Waals surface area contributed by atoms with Gasteiger partial charge in [0.2, 0.25) is 0 Å². The predicted octanol–water partition coefficient (Wildman–Crippen LogP) is 8.21. The smallest absolute Gasteiger partial charge is 0.318 e. The van der Waals surface area contributed by atoms with Gasteiger partial charge in [-0.1, -0.05) is 74.5 Å². The Labute approximate surface area is 235 Å². The molecule has 0 saturated heterocycles. The fraction of sp³-hybridized carbons (Fsp3) is 0.471. The molecule has 2 aromatic carbocycles. The van der Waals surface area contributed by atoms with Crippen LogP contribution in [-0.4, -0.2) is 25.2 Å². The number of carbonyl (C=O) groups is 2. The van der Waals surface area contributed by atoms with E-state index in [4.69, 9.17) is 14.2 Å². The van der Waals surface area contributed by atoms with E-state index in [0.717, 1.165) is 49.7 Å². The van der Waals surface area contributed by atoms with E-state index in [1.807, 2.05) is 50.2 Å². The summed E-state index contributed by atoms with van der Waals surface area (Å²) in [5, 5.41) is 0. The fourth-order valence-corrected chi connectivity index (χ4v) is 4.34. The van der Waals surface area contributed by atoms with Crippen molar-refractivity contribution in [3.8, 4) is 11.5 Å². The zero-order valence-electron chi connectivity index (χ0n) is 24.2. The topological polar surface area (TPSA) is 61.8 Å². The van der Waals surface area contributed by atoms with Gasteiger partial charge < -0.3 is 14.2 Å². The van der Waals surface area contributed by atoms with E-state index in [0.29, 0.717) is 36.5 Å². The van der Waals surface area contributed by atoms with Crippen molar-refractivity contribution in [1.29, 1.82) is 0 Å². The number of para-hydroxylation sites is 2. The fourth-order valence-electron chi connectivity index (χ4n) is 4.34. The largest absolute Gasteiger partial charge is 0.426 e. The summed E-state index contributed by atoms with van der Waals surface area (Å²) >= 11 is 0. The maximum atomic E-state index is 12.6. The number of hydrogen-bond acceptors (Lipinski definition) is 5. The standard InChI is InChI=1S/C34H46O5/c1-25(2)31(33(35)38-29-13-9-7-10-14-29)19-17-27(5)21-23-37-24-22-28(6)18-20-32(26(3)4)34(36)39-30-15-11-8-12-16-30/h7-16,27-28,31-32H,1,3,17-24H2,2,4-6H3. The molecule has 0 amide bonds. The first-order valence-electron chi connectivity index (χ1n) is 14.1. The Morgan fingerprint density at radius 1 is 0.615 bits per heavy atom. The van der Waals surface area contributed by atoms with E-state index in [-0.39, 0.29) is 23.8 Å². The lowest BCUT2D eigenvalue weighted by Crippen LogP contribution is -2.22. The summed E-state index contributed by atoms with van der Waals surface area (Å²) in [6.07, 6.45) is 5.12. The van der Waals surface area contributed by atoms with Crippen LogP contribution in [0.4, 0.5) is 0 Å². The van der Waals surface area contributed by atoms with Gasteiger partial charge in [0, 0.05) is 13.2 Å². The minimum atomic E-state index is -0.303. The molecule has 0 radical (unpaired) electrons. The Bertz CT molecular complexity index is 947. The summed E-state index contributed by atoms with van der Waals surface area (Å²) in [5.74, 6) is 0.895. The lowest BCUT2D eigenvalue weighted by Gasteiger charge is -2.19. The van der Waals surface area contributed by atoms with Gasteiger partial charge in [-0.15, -0.1) is 0 Å². The van der Waals surface area contributed by atoms with Crippen molar-refractivity contribution in [3.05, 3.63) is 85.0 Å². The zero-order valence-corrected chi connectivity index (χ0v) is 24.2. The van der Waals surface area contributed by atoms with Crippen molar-refractivity contribution in [2.45, 2.75) is 66.2 Å². The van der Waals surface area contributed by atoms with Gasteiger partial charge in [-0.2, -0.15) is 0 Å². The second kappa shape index (κ2) is 17.4. The maximum Gasteiger partial charge on any atom is 0.318 e. The minimum absolute atomic E-state index is 0.242. The molecule has 5 nitrogen and oxygen atoms in total. The Hall–Kier alpha value is -3.18. The number of hydrogen-bond donors (Lipinski definition) is 0. The third-order valence-electron chi connectivity index (χ3n) is 7.09. The molecule has 2 aromatic rings. The maximum absolute atomic E-state index is 12.6. The highest BCUT2D eigenvalue weighted by molar-refractivity contribution is 5.78. The molecule has 212 valence electrons. The van der Waals surface area contributed by atoms with E-state index in [9.17, 15) is 9.59 Å². The quantitative estimate of drug-likeness (QED) is 0.0834. The molecular weight excluding hydrogens is 488 g/mol. The van der Waals surface area contributed by atoms with Crippen LogP contribution in [0.15, 0.2) is 85.0 Å². The van der Waals surface area contributed by atoms with Gasteiger partial charge in [-0.25, -0.2) is 0 Å². The number of esters is 2. The van der Waals surface area contributed by atoms with E-state index in [1.165, 1.54) is 0 Å². The third kappa shape index (κ3) is 12.5. The van der Waals surface area contributed by atoms with Crippen LogP contribution in [0.5, 0.6) is 11.5 Å². The van der Waals surface area contributed by atoms with Crippen molar-refractivity contribution in [1.82, 2.24) is 0 Å². The summed E-state index contributed by atoms with van der Waals surface area (Å²) in [4.78, 5) is 25.3. The highest BCUT2D eigenvalue weighted by atomic mass is 16.5. The van der Waals surface area contributed by atoms with Crippen molar-refractivity contribution in [2.75, 3.05) is 13.2 Å². The van der Waals surface area contributed by atoms with Crippen LogP contribution in [-0.2, 0) is 14.3 Å². The summed E-state index contributed by atoms with van der Waals surface area (Å²) in [5.41, 5.74) is 1.66. The van der Waals surface area contributed by atoms with E-state index < -0.39 is 0 Å². The van der Waals surface area contributed by atoms with Crippen LogP contribution in [0.3, 0.4) is 0 Å². The highest BCUT2D eigenvalue weighted by Gasteiger charge is 2.23. The predicted molar refractivity (Wildman–Crippen MR) is 158 cm³/mol. The van der Waals surface area contributed by atoms with Gasteiger partial charge in [0.15, 0.2) is 0 Å². The van der Waals surface area contributed by atoms with Gasteiger partial charge >= 0.3 is 11.9 Å². The second-order valence-corrected chi connectivity index (χ2v) is 10.8. The van der Waals surface area contributed by atoms with Crippen LogP contribution in [0.25, 0.3) is 0 Å². The molecule has 2 rings (SSSR count). The molecule has 0 fully saturated rings. The van der Waals surface area contributed by atoms with Gasteiger partial charge in [-0.05, 0) is 88.5 Å². The molecule has 0 aliphatic heterocycles. The summed E-state index contributed by atoms with van der Waals surface area (Å²) in [6.45, 7) is 17.6. The lowest BCUT2D eigenvalue weighted by molar-refractivity contribution is -0.138. The van der Waals surface area contributed by atoms with Crippen LogP contribution in [0, 0.1) is 23.7 Å². The van der Waals surface area contributed by atoms with E-state index in [2.05, 4.69) is 27.0 Å². The molecule has 39 heavy (non-hydrogen) atoms. The number of carbonyl (C=O) groups excluding carboxylic acids is 2. The first-order valence-corrected chi connectivity index (χ1v) is 14.1. The molecule has 0 aliphatic carbocycles. The molecule has 0 saturated carbocycles. The Morgan fingerprint density at radius 3 is 1.31 bits per heavy atom. The van der Waals surface area contributed by atoms with Gasteiger partial charge in [0.25, 0.3) is 0 Å². The number of rotatable bonds is 18. The molecule has 0 N–H and O–H groups in total. The number of benzene rings is 2. The van der Waals surface area contributed by atoms with Gasteiger partial charge in [0.1, 0.15) is 11.5 Å². The molecule has 4 atom stereocenters. The van der Waals surface area contributed by atoms with Crippen molar-refractivity contribution in [2.24, 2.45) is 23.7 Å². The molecule has 0 aromatic heterocycles. The third-order valence-corrected chi connectivity index (χ3v) is 7.09. The molecule has 0 bridgehead atoms. The minimum Gasteiger partial charge on any atom is -0.426 e. The van der Waals surface area contributed by atoms with Gasteiger partial charge in [-0.3, -0.25) is 9.59 Å². The molecular formula is C34H46O5. The molecule has 5 heteroatoms. The molecule has 4 unspecified atom stereocenters. The summed E-state index contributed by atoms with van der Waals surface area (Å²) in [7, 11) is 0. The zero-order chi connectivity index (χ0) is 28.6. The molecule has 0 spiro atoms. The Balaban J connectivity index is 1.63. The van der Waals surface area contributed by atoms with Crippen LogP contribution in [0.1, 0.15) is 66.2 Å². The van der Waals surface area contributed by atoms with Crippen LogP contribution < -0.4 is 9.47 Å². The van der Waals surface area contributed by atoms with Crippen LogP contribution in [0.2, 0.25) is 0 Å². The average Bonchev–Trinajstić information content (AvgIpc) is 2.89. The lowest BCUT2D eigenvalue weighted by atomic mass is 9.91. The van der Waals surface area contributed by atoms with Crippen molar-refractivity contribution in [3.63, 3.8) is 0 Å². The van der Waals surface area contributed by atoms with E-state index in [1.54, 1.807) is 24.3 Å². The van der Waals surface area contributed by atoms with Crippen LogP contribution >= 0.6 is 0 Å². The SMILES string of the molecule is C=C(C)C(CCC(C)CCOCCC(C)CCC(C(=C)C)C(=O)Oc1ccccc1)C(=O)Oc1ccccc1. The highest BCUT2D eigenvalue weighted by Crippen LogP contribution is 2.25. The normalized spacial score (nSPS) is 14.1. The first kappa shape index (κ1) is 32.0. The van der Waals surface area contributed by atoms with E-state index >= 15 is 0 Å². The molecule has 0 aliphatic rings.